The van der Waals surface area contributed by atoms with E-state index in [4.69, 9.17) is 13.9 Å². The quantitative estimate of drug-likeness (QED) is 0.182. The van der Waals surface area contributed by atoms with Crippen molar-refractivity contribution in [1.82, 2.24) is 4.98 Å². The fourth-order valence-corrected chi connectivity index (χ4v) is 3.50. The van der Waals surface area contributed by atoms with Crippen LogP contribution >= 0.6 is 0 Å². The van der Waals surface area contributed by atoms with Crippen LogP contribution in [0.15, 0.2) is 98.9 Å². The molecule has 1 aromatic carbocycles. The Kier molecular flexibility index (Phi) is 9.87. The standard InChI is InChI=1S/C31H36N2O3/c1-7-9-14-31-33-28-19-27(32-6)29(20-30(28)36-31)34-21-23(5)15-17-25(11-8-2)35-26-13-10-12-24(16-18-26)22(3)4/h8-11,13-20,22H,6-7,12,21H2,1-5H3/b11-8-,14-9+,23-15+,25-17+. The molecule has 0 saturated heterocycles. The molecule has 5 heteroatoms. The van der Waals surface area contributed by atoms with Crippen LogP contribution in [-0.2, 0) is 4.74 Å². The molecule has 1 aromatic heterocycles. The SMILES string of the molecule is C=Nc1cc2nc(/C=C/CC)oc2cc1OC/C(C)=C/C=C(\C=C/C)OC1=CC=C(C(C)C)CC=C1. The number of nitrogens with zero attached hydrogens (tertiary/aromatic N) is 2. The first-order chi connectivity index (χ1) is 17.4. The topological polar surface area (TPSA) is 56.9 Å². The molecule has 3 rings (SSSR count). The van der Waals surface area contributed by atoms with Crippen molar-refractivity contribution in [2.45, 2.75) is 47.5 Å². The van der Waals surface area contributed by atoms with Crippen LogP contribution in [0, 0.1) is 5.92 Å². The van der Waals surface area contributed by atoms with Gasteiger partial charge in [0.2, 0.25) is 5.89 Å². The lowest BCUT2D eigenvalue weighted by molar-refractivity contribution is 0.336. The molecule has 1 aliphatic rings. The van der Waals surface area contributed by atoms with Crippen molar-refractivity contribution < 1.29 is 13.9 Å². The van der Waals surface area contributed by atoms with Gasteiger partial charge in [0.1, 0.15) is 35.1 Å². The van der Waals surface area contributed by atoms with E-state index in [2.05, 4.69) is 49.6 Å². The minimum Gasteiger partial charge on any atom is -0.487 e. The molecular formula is C31H36N2O3. The third kappa shape index (κ3) is 7.57. The van der Waals surface area contributed by atoms with Gasteiger partial charge in [0.15, 0.2) is 5.58 Å². The first-order valence-corrected chi connectivity index (χ1v) is 12.4. The number of hydrogen-bond acceptors (Lipinski definition) is 5. The van der Waals surface area contributed by atoms with E-state index in [0.717, 1.165) is 35.4 Å². The molecule has 0 atom stereocenters. The predicted octanol–water partition coefficient (Wildman–Crippen LogP) is 8.81. The summed E-state index contributed by atoms with van der Waals surface area (Å²) in [6.45, 7) is 14.5. The van der Waals surface area contributed by atoms with Crippen LogP contribution in [0.1, 0.15) is 53.4 Å². The fraction of sp³-hybridized carbons (Fsp3) is 0.290. The van der Waals surface area contributed by atoms with Crippen LogP contribution in [-0.4, -0.2) is 18.3 Å². The number of hydrogen-bond donors (Lipinski definition) is 0. The van der Waals surface area contributed by atoms with Gasteiger partial charge in [0.05, 0.1) is 0 Å². The van der Waals surface area contributed by atoms with Gasteiger partial charge in [0, 0.05) is 6.07 Å². The first kappa shape index (κ1) is 26.7. The number of aromatic nitrogens is 1. The van der Waals surface area contributed by atoms with Crippen molar-refractivity contribution >= 4 is 29.6 Å². The summed E-state index contributed by atoms with van der Waals surface area (Å²) in [5.74, 6) is 3.24. The molecule has 0 aliphatic heterocycles. The molecule has 36 heavy (non-hydrogen) atoms. The molecule has 0 unspecified atom stereocenters. The zero-order valence-electron chi connectivity index (χ0n) is 22.0. The van der Waals surface area contributed by atoms with Crippen LogP contribution in [0.25, 0.3) is 17.2 Å². The van der Waals surface area contributed by atoms with Crippen molar-refractivity contribution in [3.63, 3.8) is 0 Å². The number of oxazole rings is 1. The van der Waals surface area contributed by atoms with Crippen molar-refractivity contribution in [3.05, 3.63) is 95.4 Å². The van der Waals surface area contributed by atoms with Crippen LogP contribution in [0.2, 0.25) is 0 Å². The Morgan fingerprint density at radius 2 is 2.08 bits per heavy atom. The lowest BCUT2D eigenvalue weighted by Gasteiger charge is -2.09. The van der Waals surface area contributed by atoms with Crippen molar-refractivity contribution in [2.75, 3.05) is 6.61 Å². The molecule has 1 aliphatic carbocycles. The van der Waals surface area contributed by atoms with Gasteiger partial charge in [0.25, 0.3) is 0 Å². The summed E-state index contributed by atoms with van der Waals surface area (Å²) in [5, 5.41) is 0. The van der Waals surface area contributed by atoms with Gasteiger partial charge in [-0.2, -0.15) is 0 Å². The van der Waals surface area contributed by atoms with Crippen LogP contribution in [0.4, 0.5) is 5.69 Å². The molecule has 0 fully saturated rings. The number of fused-ring (bicyclic) bond motifs is 1. The van der Waals surface area contributed by atoms with Gasteiger partial charge in [-0.15, -0.1) is 0 Å². The van der Waals surface area contributed by atoms with E-state index in [1.54, 1.807) is 0 Å². The molecule has 2 aromatic rings. The second-order valence-electron chi connectivity index (χ2n) is 8.85. The Labute approximate surface area is 214 Å². The monoisotopic (exact) mass is 484 g/mol. The second-order valence-corrected chi connectivity index (χ2v) is 8.85. The normalized spacial score (nSPS) is 15.1. The molecule has 0 saturated carbocycles. The minimum absolute atomic E-state index is 0.382. The molecule has 0 spiro atoms. The summed E-state index contributed by atoms with van der Waals surface area (Å²) in [6.07, 6.45) is 21.9. The number of allylic oxidation sites excluding steroid dienone is 10. The van der Waals surface area contributed by atoms with Gasteiger partial charge in [-0.25, -0.2) is 4.98 Å². The largest absolute Gasteiger partial charge is 0.487 e. The summed E-state index contributed by atoms with van der Waals surface area (Å²) < 4.78 is 18.0. The van der Waals surface area contributed by atoms with E-state index < -0.39 is 0 Å². The Morgan fingerprint density at radius 3 is 2.81 bits per heavy atom. The van der Waals surface area contributed by atoms with Gasteiger partial charge in [-0.3, -0.25) is 4.99 Å². The molecule has 188 valence electrons. The lowest BCUT2D eigenvalue weighted by atomic mass is 10.0. The Bertz CT molecular complexity index is 1280. The highest BCUT2D eigenvalue weighted by atomic mass is 16.5. The van der Waals surface area contributed by atoms with E-state index >= 15 is 0 Å². The third-order valence-electron chi connectivity index (χ3n) is 5.55. The Morgan fingerprint density at radius 1 is 1.25 bits per heavy atom. The van der Waals surface area contributed by atoms with E-state index in [1.807, 2.05) is 74.6 Å². The highest BCUT2D eigenvalue weighted by Crippen LogP contribution is 2.33. The van der Waals surface area contributed by atoms with E-state index in [-0.39, 0.29) is 0 Å². The molecule has 1 heterocycles. The van der Waals surface area contributed by atoms with Crippen molar-refractivity contribution in [1.29, 1.82) is 0 Å². The Balaban J connectivity index is 1.72. The fourth-order valence-electron chi connectivity index (χ4n) is 3.50. The first-order valence-electron chi connectivity index (χ1n) is 12.4. The lowest BCUT2D eigenvalue weighted by Crippen LogP contribution is -1.99. The van der Waals surface area contributed by atoms with Gasteiger partial charge in [-0.05, 0) is 81.3 Å². The average molecular weight is 485 g/mol. The van der Waals surface area contributed by atoms with Crippen molar-refractivity contribution in [2.24, 2.45) is 10.9 Å². The molecule has 0 radical (unpaired) electrons. The molecule has 5 nitrogen and oxygen atoms in total. The summed E-state index contributed by atoms with van der Waals surface area (Å²) in [7, 11) is 0. The smallest absolute Gasteiger partial charge is 0.219 e. The number of rotatable bonds is 11. The molecule has 0 amide bonds. The maximum atomic E-state index is 6.14. The summed E-state index contributed by atoms with van der Waals surface area (Å²) in [6, 6.07) is 3.64. The van der Waals surface area contributed by atoms with Gasteiger partial charge < -0.3 is 13.9 Å². The zero-order valence-corrected chi connectivity index (χ0v) is 22.0. The zero-order chi connectivity index (χ0) is 25.9. The maximum absolute atomic E-state index is 6.14. The molecule has 0 N–H and O–H groups in total. The number of ether oxygens (including phenoxy) is 2. The van der Waals surface area contributed by atoms with Crippen molar-refractivity contribution in [3.8, 4) is 5.75 Å². The van der Waals surface area contributed by atoms with E-state index in [0.29, 0.717) is 35.4 Å². The molecular weight excluding hydrogens is 448 g/mol. The average Bonchev–Trinajstić information content (AvgIpc) is 3.11. The highest BCUT2D eigenvalue weighted by molar-refractivity contribution is 5.82. The number of benzene rings is 1. The second kappa shape index (κ2) is 13.3. The van der Waals surface area contributed by atoms with Gasteiger partial charge in [-0.1, -0.05) is 56.7 Å². The summed E-state index contributed by atoms with van der Waals surface area (Å²) in [5.41, 5.74) is 4.41. The highest BCUT2D eigenvalue weighted by Gasteiger charge is 2.11. The summed E-state index contributed by atoms with van der Waals surface area (Å²) >= 11 is 0. The van der Waals surface area contributed by atoms with Crippen LogP contribution in [0.5, 0.6) is 5.75 Å². The maximum Gasteiger partial charge on any atom is 0.219 e. The number of aliphatic imine (C=N–C) groups is 1. The van der Waals surface area contributed by atoms with E-state index in [9.17, 15) is 0 Å². The third-order valence-corrected chi connectivity index (χ3v) is 5.55. The van der Waals surface area contributed by atoms with Crippen LogP contribution < -0.4 is 4.74 Å². The van der Waals surface area contributed by atoms with E-state index in [1.165, 1.54) is 5.57 Å². The summed E-state index contributed by atoms with van der Waals surface area (Å²) in [4.78, 5) is 8.58. The van der Waals surface area contributed by atoms with Gasteiger partial charge >= 0.3 is 0 Å². The Hall–Kier alpha value is -3.86. The van der Waals surface area contributed by atoms with Crippen LogP contribution in [0.3, 0.4) is 0 Å². The predicted molar refractivity (Wildman–Crippen MR) is 151 cm³/mol. The molecule has 0 bridgehead atoms. The minimum atomic E-state index is 0.382.